The van der Waals surface area contributed by atoms with Crippen LogP contribution in [0.2, 0.25) is 0 Å². The molecular weight excluding hydrogens is 376 g/mol. The van der Waals surface area contributed by atoms with Crippen molar-refractivity contribution in [1.29, 1.82) is 0 Å². The van der Waals surface area contributed by atoms with Gasteiger partial charge >= 0.3 is 0 Å². The molecule has 2 amide bonds. The summed E-state index contributed by atoms with van der Waals surface area (Å²) < 4.78 is 0. The predicted molar refractivity (Wildman–Crippen MR) is 121 cm³/mol. The second-order valence-corrected chi connectivity index (χ2v) is 7.85. The Labute approximate surface area is 177 Å². The zero-order valence-electron chi connectivity index (χ0n) is 17.0. The Balaban J connectivity index is 1.29. The molecule has 2 saturated heterocycles. The number of benzene rings is 2. The monoisotopic (exact) mass is 404 g/mol. The molecule has 0 saturated carbocycles. The van der Waals surface area contributed by atoms with Gasteiger partial charge in [-0.3, -0.25) is 9.59 Å². The summed E-state index contributed by atoms with van der Waals surface area (Å²) in [5, 5.41) is 12.3. The van der Waals surface area contributed by atoms with E-state index in [9.17, 15) is 9.59 Å². The number of carbonyl (C=O) groups excluding carboxylic acids is 2. The highest BCUT2D eigenvalue weighted by Crippen LogP contribution is 2.17. The molecule has 0 spiro atoms. The van der Waals surface area contributed by atoms with E-state index in [4.69, 9.17) is 0 Å². The first kappa shape index (κ1) is 20.3. The van der Waals surface area contributed by atoms with Crippen molar-refractivity contribution in [2.45, 2.75) is 37.8 Å². The van der Waals surface area contributed by atoms with Crippen LogP contribution in [0.3, 0.4) is 0 Å². The van der Waals surface area contributed by atoms with E-state index in [0.29, 0.717) is 0 Å². The summed E-state index contributed by atoms with van der Waals surface area (Å²) in [4.78, 5) is 24.3. The van der Waals surface area contributed by atoms with Gasteiger partial charge in [0.2, 0.25) is 11.8 Å². The average molecular weight is 405 g/mol. The van der Waals surface area contributed by atoms with Crippen molar-refractivity contribution in [2.24, 2.45) is 0 Å². The van der Waals surface area contributed by atoms with Gasteiger partial charge in [-0.05, 0) is 74.2 Å². The van der Waals surface area contributed by atoms with Gasteiger partial charge in [0.15, 0.2) is 0 Å². The number of hydrogen-bond donors (Lipinski definition) is 4. The largest absolute Gasteiger partial charge is 0.325 e. The van der Waals surface area contributed by atoms with Crippen LogP contribution in [0.25, 0.3) is 12.2 Å². The van der Waals surface area contributed by atoms with E-state index in [-0.39, 0.29) is 23.9 Å². The van der Waals surface area contributed by atoms with Crippen LogP contribution in [0.5, 0.6) is 0 Å². The normalized spacial score (nSPS) is 21.1. The maximum absolute atomic E-state index is 12.2. The average Bonchev–Trinajstić information content (AvgIpc) is 3.48. The highest BCUT2D eigenvalue weighted by Gasteiger charge is 2.22. The smallest absolute Gasteiger partial charge is 0.241 e. The van der Waals surface area contributed by atoms with Crippen LogP contribution in [0, 0.1) is 0 Å². The van der Waals surface area contributed by atoms with Crippen molar-refractivity contribution in [3.05, 3.63) is 59.7 Å². The van der Waals surface area contributed by atoms with E-state index in [0.717, 1.165) is 61.3 Å². The van der Waals surface area contributed by atoms with Crippen LogP contribution < -0.4 is 21.3 Å². The summed E-state index contributed by atoms with van der Waals surface area (Å²) in [6.45, 7) is 1.82. The minimum Gasteiger partial charge on any atom is -0.325 e. The Morgan fingerprint density at radius 2 is 1.10 bits per heavy atom. The van der Waals surface area contributed by atoms with Crippen molar-refractivity contribution in [3.63, 3.8) is 0 Å². The molecule has 156 valence electrons. The third-order valence-corrected chi connectivity index (χ3v) is 5.58. The Kier molecular flexibility index (Phi) is 6.57. The van der Waals surface area contributed by atoms with E-state index in [1.165, 1.54) is 0 Å². The van der Waals surface area contributed by atoms with Crippen molar-refractivity contribution < 1.29 is 9.59 Å². The predicted octanol–water partition coefficient (Wildman–Crippen LogP) is 3.24. The zero-order valence-corrected chi connectivity index (χ0v) is 17.0. The highest BCUT2D eigenvalue weighted by atomic mass is 16.2. The first-order valence-corrected chi connectivity index (χ1v) is 10.6. The molecule has 2 aromatic rings. The molecular formula is C24H28N4O2. The lowest BCUT2D eigenvalue weighted by atomic mass is 10.1. The van der Waals surface area contributed by atoms with Gasteiger partial charge in [0.25, 0.3) is 0 Å². The minimum absolute atomic E-state index is 0.0340. The molecule has 0 aromatic heterocycles. The van der Waals surface area contributed by atoms with Crippen LogP contribution in [0.1, 0.15) is 36.8 Å². The van der Waals surface area contributed by atoms with Crippen molar-refractivity contribution >= 4 is 35.3 Å². The molecule has 2 atom stereocenters. The summed E-state index contributed by atoms with van der Waals surface area (Å²) >= 11 is 0. The molecule has 2 fully saturated rings. The molecule has 0 aliphatic carbocycles. The fourth-order valence-corrected chi connectivity index (χ4v) is 3.82. The fourth-order valence-electron chi connectivity index (χ4n) is 3.82. The fraction of sp³-hybridized carbons (Fsp3) is 0.333. The number of hydrogen-bond acceptors (Lipinski definition) is 4. The van der Waals surface area contributed by atoms with Crippen LogP contribution in [-0.4, -0.2) is 37.0 Å². The first-order chi connectivity index (χ1) is 14.7. The van der Waals surface area contributed by atoms with Crippen LogP contribution >= 0.6 is 0 Å². The molecule has 4 N–H and O–H groups in total. The molecule has 4 rings (SSSR count). The second kappa shape index (κ2) is 9.69. The summed E-state index contributed by atoms with van der Waals surface area (Å²) in [6, 6.07) is 15.5. The van der Waals surface area contributed by atoms with E-state index < -0.39 is 0 Å². The number of anilines is 2. The third-order valence-electron chi connectivity index (χ3n) is 5.58. The molecule has 6 nitrogen and oxygen atoms in total. The third kappa shape index (κ3) is 5.34. The molecule has 2 aliphatic heterocycles. The van der Waals surface area contributed by atoms with Crippen molar-refractivity contribution in [3.8, 4) is 0 Å². The molecule has 6 heteroatoms. The van der Waals surface area contributed by atoms with Gasteiger partial charge in [-0.1, -0.05) is 36.4 Å². The lowest BCUT2D eigenvalue weighted by Crippen LogP contribution is -2.35. The quantitative estimate of drug-likeness (QED) is 0.557. The van der Waals surface area contributed by atoms with Gasteiger partial charge in [-0.2, -0.15) is 0 Å². The topological polar surface area (TPSA) is 82.3 Å². The summed E-state index contributed by atoms with van der Waals surface area (Å²) in [5.74, 6) is 0.0679. The molecule has 0 bridgehead atoms. The van der Waals surface area contributed by atoms with Gasteiger partial charge in [0, 0.05) is 11.4 Å². The number of amides is 2. The van der Waals surface area contributed by atoms with Gasteiger partial charge in [0.1, 0.15) is 0 Å². The van der Waals surface area contributed by atoms with E-state index in [2.05, 4.69) is 21.3 Å². The lowest BCUT2D eigenvalue weighted by molar-refractivity contribution is -0.118. The Bertz CT molecular complexity index is 818. The molecule has 0 unspecified atom stereocenters. The van der Waals surface area contributed by atoms with Gasteiger partial charge in [-0.15, -0.1) is 0 Å². The minimum atomic E-state index is -0.0771. The summed E-state index contributed by atoms with van der Waals surface area (Å²) in [6.07, 6.45) is 7.94. The molecule has 2 aromatic carbocycles. The van der Waals surface area contributed by atoms with E-state index in [1.54, 1.807) is 0 Å². The maximum atomic E-state index is 12.2. The van der Waals surface area contributed by atoms with Gasteiger partial charge in [0.05, 0.1) is 12.1 Å². The zero-order chi connectivity index (χ0) is 20.8. The Morgan fingerprint density at radius 1 is 0.700 bits per heavy atom. The van der Waals surface area contributed by atoms with Gasteiger partial charge < -0.3 is 21.3 Å². The Morgan fingerprint density at radius 3 is 1.43 bits per heavy atom. The van der Waals surface area contributed by atoms with Gasteiger partial charge in [-0.25, -0.2) is 0 Å². The summed E-state index contributed by atoms with van der Waals surface area (Å²) in [5.41, 5.74) is 3.72. The van der Waals surface area contributed by atoms with Crippen molar-refractivity contribution in [1.82, 2.24) is 10.6 Å². The molecule has 0 radical (unpaired) electrons. The number of rotatable bonds is 6. The first-order valence-electron chi connectivity index (χ1n) is 10.6. The summed E-state index contributed by atoms with van der Waals surface area (Å²) in [7, 11) is 0. The standard InChI is InChI=1S/C24H28N4O2/c29-23(21-3-1-15-25-21)27-19-11-7-17(8-12-19)5-6-18-9-13-20(14-10-18)28-24(30)22-4-2-16-26-22/h5-14,21-22,25-26H,1-4,15-16H2,(H,27,29)(H,28,30)/b6-5+/t21-,22-/m0/s1. The highest BCUT2D eigenvalue weighted by molar-refractivity contribution is 5.95. The lowest BCUT2D eigenvalue weighted by Gasteiger charge is -2.11. The Hall–Kier alpha value is -2.96. The number of carbonyl (C=O) groups is 2. The van der Waals surface area contributed by atoms with Crippen molar-refractivity contribution in [2.75, 3.05) is 23.7 Å². The van der Waals surface area contributed by atoms with Crippen LogP contribution in [0.4, 0.5) is 11.4 Å². The number of nitrogens with one attached hydrogen (secondary N) is 4. The van der Waals surface area contributed by atoms with Crippen LogP contribution in [0.15, 0.2) is 48.5 Å². The molecule has 30 heavy (non-hydrogen) atoms. The van der Waals surface area contributed by atoms with E-state index in [1.807, 2.05) is 60.7 Å². The van der Waals surface area contributed by atoms with E-state index >= 15 is 0 Å². The maximum Gasteiger partial charge on any atom is 0.241 e. The second-order valence-electron chi connectivity index (χ2n) is 7.85. The molecule has 2 heterocycles. The molecule has 2 aliphatic rings. The SMILES string of the molecule is O=C(Nc1ccc(/C=C/c2ccc(NC(=O)[C@@H]3CCCN3)cc2)cc1)[C@@H]1CCCN1. The van der Waals surface area contributed by atoms with Crippen LogP contribution in [-0.2, 0) is 9.59 Å².